The van der Waals surface area contributed by atoms with Crippen LogP contribution in [0.4, 0.5) is 0 Å². The van der Waals surface area contributed by atoms with Crippen LogP contribution in [0, 0.1) is 5.92 Å². The minimum atomic E-state index is -0.856. The van der Waals surface area contributed by atoms with Crippen LogP contribution in [0.3, 0.4) is 0 Å². The number of aliphatic carboxylic acids is 1. The number of thiazole rings is 1. The topological polar surface area (TPSA) is 79.3 Å². The van der Waals surface area contributed by atoms with Gasteiger partial charge in [-0.2, -0.15) is 0 Å². The molecule has 1 aromatic heterocycles. The largest absolute Gasteiger partial charge is 0.481 e. The predicted octanol–water partition coefficient (Wildman–Crippen LogP) is 2.28. The lowest BCUT2D eigenvalue weighted by molar-refractivity contribution is -0.137. The summed E-state index contributed by atoms with van der Waals surface area (Å²) in [7, 11) is 0. The number of amides is 1. The number of hydrogen-bond donors (Lipinski definition) is 2. The van der Waals surface area contributed by atoms with Crippen LogP contribution in [0.2, 0.25) is 0 Å². The van der Waals surface area contributed by atoms with Crippen molar-refractivity contribution in [3.63, 3.8) is 0 Å². The number of hydrogen-bond acceptors (Lipinski definition) is 4. The van der Waals surface area contributed by atoms with Gasteiger partial charge in [-0.3, -0.25) is 9.59 Å². The van der Waals surface area contributed by atoms with Gasteiger partial charge in [0.05, 0.1) is 5.01 Å². The van der Waals surface area contributed by atoms with Crippen molar-refractivity contribution in [1.29, 1.82) is 0 Å². The van der Waals surface area contributed by atoms with Crippen LogP contribution in [0.5, 0.6) is 0 Å². The first-order valence-corrected chi connectivity index (χ1v) is 7.04. The quantitative estimate of drug-likeness (QED) is 0.869. The summed E-state index contributed by atoms with van der Waals surface area (Å²) in [5.74, 6) is -1.20. The summed E-state index contributed by atoms with van der Waals surface area (Å²) >= 11 is 1.46. The highest BCUT2D eigenvalue weighted by molar-refractivity contribution is 7.10. The predicted molar refractivity (Wildman–Crippen MR) is 74.6 cm³/mol. The molecular weight excluding hydrogens is 264 g/mol. The van der Waals surface area contributed by atoms with Crippen molar-refractivity contribution < 1.29 is 14.7 Å². The molecule has 0 aliphatic rings. The molecule has 5 nitrogen and oxygen atoms in total. The van der Waals surface area contributed by atoms with E-state index in [1.165, 1.54) is 11.3 Å². The maximum absolute atomic E-state index is 11.9. The Morgan fingerprint density at radius 2 is 2.11 bits per heavy atom. The third-order valence-corrected chi connectivity index (χ3v) is 3.78. The Labute approximate surface area is 117 Å². The molecular formula is C13H20N2O3S. The van der Waals surface area contributed by atoms with Crippen molar-refractivity contribution in [2.45, 2.75) is 39.5 Å². The lowest BCUT2D eigenvalue weighted by Gasteiger charge is -2.13. The molecule has 0 aromatic carbocycles. The van der Waals surface area contributed by atoms with Crippen molar-refractivity contribution in [3.8, 4) is 0 Å². The Balaban J connectivity index is 2.55. The van der Waals surface area contributed by atoms with Crippen LogP contribution in [0.15, 0.2) is 5.38 Å². The summed E-state index contributed by atoms with van der Waals surface area (Å²) in [4.78, 5) is 26.7. The Hall–Kier alpha value is -1.43. The van der Waals surface area contributed by atoms with E-state index in [0.29, 0.717) is 12.2 Å². The maximum Gasteiger partial charge on any atom is 0.303 e. The number of rotatable bonds is 5. The highest BCUT2D eigenvalue weighted by Crippen LogP contribution is 2.25. The number of nitrogens with one attached hydrogen (secondary N) is 1. The zero-order valence-electron chi connectivity index (χ0n) is 11.7. The zero-order chi connectivity index (χ0) is 14.6. The van der Waals surface area contributed by atoms with E-state index in [4.69, 9.17) is 5.11 Å². The van der Waals surface area contributed by atoms with Gasteiger partial charge in [0.1, 0.15) is 5.69 Å². The SMILES string of the molecule is CC(CNC(=O)c1csc(C(C)(C)C)n1)CC(=O)O. The molecule has 6 heteroatoms. The van der Waals surface area contributed by atoms with Crippen LogP contribution in [0.25, 0.3) is 0 Å². The summed E-state index contributed by atoms with van der Waals surface area (Å²) in [6, 6.07) is 0. The molecule has 1 unspecified atom stereocenters. The Kier molecular flexibility index (Phi) is 5.05. The minimum absolute atomic E-state index is 0.0462. The van der Waals surface area contributed by atoms with Crippen LogP contribution in [0.1, 0.15) is 49.6 Å². The number of carbonyl (C=O) groups is 2. The molecule has 19 heavy (non-hydrogen) atoms. The molecule has 1 aromatic rings. The fourth-order valence-electron chi connectivity index (χ4n) is 1.45. The summed E-state index contributed by atoms with van der Waals surface area (Å²) in [6.45, 7) is 8.26. The molecule has 1 atom stereocenters. The van der Waals surface area contributed by atoms with Crippen molar-refractivity contribution in [2.75, 3.05) is 6.54 Å². The van der Waals surface area contributed by atoms with Crippen molar-refractivity contribution >= 4 is 23.2 Å². The van der Waals surface area contributed by atoms with E-state index in [0.717, 1.165) is 5.01 Å². The van der Waals surface area contributed by atoms with Gasteiger partial charge in [0, 0.05) is 23.8 Å². The standard InChI is InChI=1S/C13H20N2O3S/c1-8(5-10(16)17)6-14-11(18)9-7-19-12(15-9)13(2,3)4/h7-8H,5-6H2,1-4H3,(H,14,18)(H,16,17). The third kappa shape index (κ3) is 4.98. The smallest absolute Gasteiger partial charge is 0.303 e. The molecule has 0 aliphatic carbocycles. The minimum Gasteiger partial charge on any atom is -0.481 e. The Morgan fingerprint density at radius 3 is 2.58 bits per heavy atom. The monoisotopic (exact) mass is 284 g/mol. The molecule has 106 valence electrons. The van der Waals surface area contributed by atoms with E-state index in [-0.39, 0.29) is 23.7 Å². The number of carboxylic acid groups (broad SMARTS) is 1. The summed E-state index contributed by atoms with van der Waals surface area (Å²) in [5, 5.41) is 14.0. The van der Waals surface area contributed by atoms with Gasteiger partial charge in [0.2, 0.25) is 0 Å². The van der Waals surface area contributed by atoms with E-state index in [1.54, 1.807) is 12.3 Å². The fraction of sp³-hybridized carbons (Fsp3) is 0.615. The first-order chi connectivity index (χ1) is 8.70. The van der Waals surface area contributed by atoms with E-state index in [9.17, 15) is 9.59 Å². The highest BCUT2D eigenvalue weighted by atomic mass is 32.1. The average molecular weight is 284 g/mol. The van der Waals surface area contributed by atoms with Gasteiger partial charge in [0.25, 0.3) is 5.91 Å². The number of nitrogens with zero attached hydrogens (tertiary/aromatic N) is 1. The number of carbonyl (C=O) groups excluding carboxylic acids is 1. The molecule has 0 aliphatic heterocycles. The normalized spacial score (nSPS) is 13.1. The highest BCUT2D eigenvalue weighted by Gasteiger charge is 2.20. The molecule has 0 spiro atoms. The average Bonchev–Trinajstić information content (AvgIpc) is 2.73. The van der Waals surface area contributed by atoms with Crippen LogP contribution in [-0.4, -0.2) is 28.5 Å². The van der Waals surface area contributed by atoms with Gasteiger partial charge in [0.15, 0.2) is 0 Å². The molecule has 1 amide bonds. The van der Waals surface area contributed by atoms with Gasteiger partial charge < -0.3 is 10.4 Å². The van der Waals surface area contributed by atoms with Crippen molar-refractivity contribution in [1.82, 2.24) is 10.3 Å². The summed E-state index contributed by atoms with van der Waals surface area (Å²) in [5.41, 5.74) is 0.331. The van der Waals surface area contributed by atoms with Crippen LogP contribution >= 0.6 is 11.3 Å². The molecule has 0 bridgehead atoms. The molecule has 0 saturated carbocycles. The van der Waals surface area contributed by atoms with E-state index < -0.39 is 5.97 Å². The van der Waals surface area contributed by atoms with Gasteiger partial charge in [-0.15, -0.1) is 11.3 Å². The molecule has 0 saturated heterocycles. The summed E-state index contributed by atoms with van der Waals surface area (Å²) in [6.07, 6.45) is 0.0462. The molecule has 1 heterocycles. The van der Waals surface area contributed by atoms with Crippen molar-refractivity contribution in [2.24, 2.45) is 5.92 Å². The van der Waals surface area contributed by atoms with E-state index in [1.807, 2.05) is 20.8 Å². The van der Waals surface area contributed by atoms with Crippen LogP contribution in [-0.2, 0) is 10.2 Å². The molecule has 0 radical (unpaired) electrons. The van der Waals surface area contributed by atoms with Crippen LogP contribution < -0.4 is 5.32 Å². The molecule has 2 N–H and O–H groups in total. The maximum atomic E-state index is 11.9. The Bertz CT molecular complexity index is 463. The number of carboxylic acids is 1. The molecule has 0 fully saturated rings. The van der Waals surface area contributed by atoms with Gasteiger partial charge in [-0.1, -0.05) is 27.7 Å². The lowest BCUT2D eigenvalue weighted by Crippen LogP contribution is -2.29. The summed E-state index contributed by atoms with van der Waals surface area (Å²) < 4.78 is 0. The molecule has 1 rings (SSSR count). The fourth-order valence-corrected chi connectivity index (χ4v) is 2.34. The van der Waals surface area contributed by atoms with Gasteiger partial charge in [-0.05, 0) is 5.92 Å². The lowest BCUT2D eigenvalue weighted by atomic mass is 9.98. The first kappa shape index (κ1) is 15.6. The van der Waals surface area contributed by atoms with E-state index in [2.05, 4.69) is 10.3 Å². The second-order valence-corrected chi connectivity index (χ2v) is 6.56. The van der Waals surface area contributed by atoms with E-state index >= 15 is 0 Å². The zero-order valence-corrected chi connectivity index (χ0v) is 12.5. The van der Waals surface area contributed by atoms with Gasteiger partial charge in [-0.25, -0.2) is 4.98 Å². The Morgan fingerprint density at radius 1 is 1.47 bits per heavy atom. The van der Waals surface area contributed by atoms with Gasteiger partial charge >= 0.3 is 5.97 Å². The second kappa shape index (κ2) is 6.14. The third-order valence-electron chi connectivity index (χ3n) is 2.51. The van der Waals surface area contributed by atoms with Crippen molar-refractivity contribution in [3.05, 3.63) is 16.1 Å². The number of aromatic nitrogens is 1. The first-order valence-electron chi connectivity index (χ1n) is 6.16. The second-order valence-electron chi connectivity index (χ2n) is 5.70.